The van der Waals surface area contributed by atoms with Crippen LogP contribution in [0.4, 0.5) is 0 Å². The van der Waals surface area contributed by atoms with Gasteiger partial charge in [0.2, 0.25) is 0 Å². The van der Waals surface area contributed by atoms with Crippen LogP contribution in [0.3, 0.4) is 0 Å². The first-order valence-electron chi connectivity index (χ1n) is 8.84. The number of imidazole rings is 1. The SMILES string of the molecule is CCNC(=NCCCn1ccnc1)NCCc1ccc(C)c(OC)c1.I. The third-order valence-corrected chi connectivity index (χ3v) is 3.93. The van der Waals surface area contributed by atoms with Crippen LogP contribution in [0, 0.1) is 6.92 Å². The van der Waals surface area contributed by atoms with E-state index in [0.29, 0.717) is 0 Å². The molecule has 26 heavy (non-hydrogen) atoms. The molecular weight excluding hydrogens is 441 g/mol. The summed E-state index contributed by atoms with van der Waals surface area (Å²) in [5.41, 5.74) is 2.41. The lowest BCUT2D eigenvalue weighted by molar-refractivity contribution is 0.411. The van der Waals surface area contributed by atoms with Gasteiger partial charge in [0.25, 0.3) is 0 Å². The zero-order chi connectivity index (χ0) is 17.9. The van der Waals surface area contributed by atoms with Crippen molar-refractivity contribution in [1.82, 2.24) is 20.2 Å². The summed E-state index contributed by atoms with van der Waals surface area (Å²) in [4.78, 5) is 8.67. The van der Waals surface area contributed by atoms with E-state index in [2.05, 4.69) is 57.2 Å². The zero-order valence-corrected chi connectivity index (χ0v) is 18.2. The Morgan fingerprint density at radius 3 is 2.85 bits per heavy atom. The fraction of sp³-hybridized carbons (Fsp3) is 0.474. The van der Waals surface area contributed by atoms with Crippen molar-refractivity contribution in [2.45, 2.75) is 33.2 Å². The molecule has 0 aliphatic rings. The van der Waals surface area contributed by atoms with Crippen LogP contribution in [-0.4, -0.2) is 42.3 Å². The first kappa shape index (κ1) is 22.3. The van der Waals surface area contributed by atoms with Crippen molar-refractivity contribution >= 4 is 29.9 Å². The number of halogens is 1. The van der Waals surface area contributed by atoms with Gasteiger partial charge in [0.15, 0.2) is 5.96 Å². The van der Waals surface area contributed by atoms with Gasteiger partial charge in [-0.3, -0.25) is 4.99 Å². The van der Waals surface area contributed by atoms with E-state index in [1.54, 1.807) is 13.3 Å². The number of hydrogen-bond acceptors (Lipinski definition) is 3. The van der Waals surface area contributed by atoms with Gasteiger partial charge in [-0.15, -0.1) is 24.0 Å². The first-order chi connectivity index (χ1) is 12.2. The molecule has 2 aromatic rings. The lowest BCUT2D eigenvalue weighted by Crippen LogP contribution is -2.38. The van der Waals surface area contributed by atoms with Crippen LogP contribution in [0.1, 0.15) is 24.5 Å². The van der Waals surface area contributed by atoms with Crippen molar-refractivity contribution in [3.63, 3.8) is 0 Å². The fourth-order valence-electron chi connectivity index (χ4n) is 2.55. The number of guanidine groups is 1. The molecule has 2 N–H and O–H groups in total. The highest BCUT2D eigenvalue weighted by Crippen LogP contribution is 2.18. The van der Waals surface area contributed by atoms with Crippen LogP contribution in [0.2, 0.25) is 0 Å². The molecule has 0 unspecified atom stereocenters. The lowest BCUT2D eigenvalue weighted by atomic mass is 10.1. The topological polar surface area (TPSA) is 63.5 Å². The van der Waals surface area contributed by atoms with Crippen LogP contribution >= 0.6 is 24.0 Å². The molecule has 1 aromatic heterocycles. The van der Waals surface area contributed by atoms with Gasteiger partial charge in [-0.2, -0.15) is 0 Å². The molecule has 0 atom stereocenters. The second-order valence-corrected chi connectivity index (χ2v) is 5.90. The molecule has 0 fully saturated rings. The third-order valence-electron chi connectivity index (χ3n) is 3.93. The lowest BCUT2D eigenvalue weighted by Gasteiger charge is -2.12. The van der Waals surface area contributed by atoms with Crippen molar-refractivity contribution in [3.05, 3.63) is 48.0 Å². The Morgan fingerprint density at radius 2 is 2.15 bits per heavy atom. The summed E-state index contributed by atoms with van der Waals surface area (Å²) in [5, 5.41) is 6.68. The Balaban J connectivity index is 0.00000338. The average Bonchev–Trinajstić information content (AvgIpc) is 3.13. The van der Waals surface area contributed by atoms with Crippen LogP contribution in [0.5, 0.6) is 5.75 Å². The number of nitrogens with one attached hydrogen (secondary N) is 2. The van der Waals surface area contributed by atoms with Crippen LogP contribution < -0.4 is 15.4 Å². The molecule has 0 saturated heterocycles. The van der Waals surface area contributed by atoms with Gasteiger partial charge >= 0.3 is 0 Å². The Labute approximate surface area is 173 Å². The minimum absolute atomic E-state index is 0. The van der Waals surface area contributed by atoms with Crippen molar-refractivity contribution in [1.29, 1.82) is 0 Å². The van der Waals surface area contributed by atoms with Crippen LogP contribution in [0.15, 0.2) is 41.9 Å². The molecule has 0 amide bonds. The molecule has 6 nitrogen and oxygen atoms in total. The average molecular weight is 471 g/mol. The summed E-state index contributed by atoms with van der Waals surface area (Å²) in [7, 11) is 1.71. The Hall–Kier alpha value is -1.77. The van der Waals surface area contributed by atoms with E-state index in [9.17, 15) is 0 Å². The van der Waals surface area contributed by atoms with Crippen molar-refractivity contribution in [2.75, 3.05) is 26.7 Å². The fourth-order valence-corrected chi connectivity index (χ4v) is 2.55. The molecule has 1 aromatic carbocycles. The standard InChI is InChI=1S/C19H29N5O.HI/c1-4-21-19(22-9-5-12-24-13-11-20-15-24)23-10-8-17-7-6-16(2)18(14-17)25-3;/h6-7,11,13-15H,4-5,8-10,12H2,1-3H3,(H2,21,22,23);1H. The molecule has 0 aliphatic carbocycles. The molecule has 144 valence electrons. The summed E-state index contributed by atoms with van der Waals surface area (Å²) in [6, 6.07) is 6.35. The largest absolute Gasteiger partial charge is 0.496 e. The van der Waals surface area contributed by atoms with E-state index in [-0.39, 0.29) is 24.0 Å². The van der Waals surface area contributed by atoms with Crippen LogP contribution in [0.25, 0.3) is 0 Å². The molecule has 7 heteroatoms. The molecular formula is C19H30IN5O. The maximum atomic E-state index is 5.38. The van der Waals surface area contributed by atoms with E-state index >= 15 is 0 Å². The van der Waals surface area contributed by atoms with E-state index in [0.717, 1.165) is 56.3 Å². The van der Waals surface area contributed by atoms with Gasteiger partial charge < -0.3 is 19.9 Å². The molecule has 0 bridgehead atoms. The van der Waals surface area contributed by atoms with Gasteiger partial charge in [-0.25, -0.2) is 4.98 Å². The Morgan fingerprint density at radius 1 is 1.31 bits per heavy atom. The normalized spacial score (nSPS) is 11.0. The number of aromatic nitrogens is 2. The molecule has 2 rings (SSSR count). The van der Waals surface area contributed by atoms with Gasteiger partial charge in [-0.1, -0.05) is 12.1 Å². The molecule has 0 aliphatic heterocycles. The highest BCUT2D eigenvalue weighted by atomic mass is 127. The van der Waals surface area contributed by atoms with E-state index in [1.165, 1.54) is 5.56 Å². The quantitative estimate of drug-likeness (QED) is 0.256. The molecule has 0 saturated carbocycles. The van der Waals surface area contributed by atoms with Gasteiger partial charge in [0.05, 0.1) is 13.4 Å². The Bertz CT molecular complexity index is 658. The maximum absolute atomic E-state index is 5.38. The first-order valence-corrected chi connectivity index (χ1v) is 8.84. The predicted octanol–water partition coefficient (Wildman–Crippen LogP) is 3.01. The summed E-state index contributed by atoms with van der Waals surface area (Å²) in [6.07, 6.45) is 7.53. The predicted molar refractivity (Wildman–Crippen MR) is 118 cm³/mol. The maximum Gasteiger partial charge on any atom is 0.191 e. The van der Waals surface area contributed by atoms with Crippen molar-refractivity contribution in [3.8, 4) is 5.75 Å². The number of aryl methyl sites for hydroxylation is 2. The number of benzene rings is 1. The third kappa shape index (κ3) is 7.63. The highest BCUT2D eigenvalue weighted by molar-refractivity contribution is 14.0. The number of methoxy groups -OCH3 is 1. The summed E-state index contributed by atoms with van der Waals surface area (Å²) in [6.45, 7) is 7.54. The number of hydrogen-bond donors (Lipinski definition) is 2. The van der Waals surface area contributed by atoms with Gasteiger partial charge in [-0.05, 0) is 43.9 Å². The Kier molecular flexibility index (Phi) is 10.8. The van der Waals surface area contributed by atoms with Gasteiger partial charge in [0.1, 0.15) is 5.75 Å². The zero-order valence-electron chi connectivity index (χ0n) is 15.9. The van der Waals surface area contributed by atoms with E-state index < -0.39 is 0 Å². The minimum Gasteiger partial charge on any atom is -0.496 e. The molecule has 0 spiro atoms. The number of ether oxygens (including phenoxy) is 1. The van der Waals surface area contributed by atoms with Gasteiger partial charge in [0, 0.05) is 38.6 Å². The van der Waals surface area contributed by atoms with E-state index in [1.807, 2.05) is 12.5 Å². The molecule has 1 heterocycles. The summed E-state index contributed by atoms with van der Waals surface area (Å²) < 4.78 is 7.45. The number of aliphatic imine (C=N–C) groups is 1. The highest BCUT2D eigenvalue weighted by Gasteiger charge is 2.02. The minimum atomic E-state index is 0. The smallest absolute Gasteiger partial charge is 0.191 e. The number of nitrogens with zero attached hydrogens (tertiary/aromatic N) is 3. The van der Waals surface area contributed by atoms with E-state index in [4.69, 9.17) is 4.74 Å². The van der Waals surface area contributed by atoms with Crippen molar-refractivity contribution < 1.29 is 4.74 Å². The monoisotopic (exact) mass is 471 g/mol. The second-order valence-electron chi connectivity index (χ2n) is 5.90. The summed E-state index contributed by atoms with van der Waals surface area (Å²) in [5.74, 6) is 1.81. The molecule has 0 radical (unpaired) electrons. The van der Waals surface area contributed by atoms with Crippen molar-refractivity contribution in [2.24, 2.45) is 4.99 Å². The van der Waals surface area contributed by atoms with Crippen LogP contribution in [-0.2, 0) is 13.0 Å². The number of rotatable bonds is 9. The second kappa shape index (κ2) is 12.6. The summed E-state index contributed by atoms with van der Waals surface area (Å²) >= 11 is 0.